The average molecular weight is 541 g/mol. The van der Waals surface area contributed by atoms with Crippen molar-refractivity contribution in [1.82, 2.24) is 14.8 Å². The first kappa shape index (κ1) is 26.1. The van der Waals surface area contributed by atoms with E-state index in [4.69, 9.17) is 4.74 Å². The second-order valence-electron chi connectivity index (χ2n) is 8.18. The molecule has 1 N–H and O–H groups in total. The van der Waals surface area contributed by atoms with Crippen molar-refractivity contribution in [3.05, 3.63) is 56.6 Å². The highest BCUT2D eigenvalue weighted by atomic mass is 32.2. The maximum atomic E-state index is 12.7. The number of aryl methyl sites for hydroxylation is 3. The fourth-order valence-electron chi connectivity index (χ4n) is 3.74. The van der Waals surface area contributed by atoms with Gasteiger partial charge in [-0.05, 0) is 38.8 Å². The van der Waals surface area contributed by atoms with E-state index in [1.54, 1.807) is 24.3 Å². The van der Waals surface area contributed by atoms with Crippen molar-refractivity contribution >= 4 is 51.3 Å². The number of amides is 1. The number of hydrogen-bond acceptors (Lipinski definition) is 8. The molecule has 0 bridgehead atoms. The van der Waals surface area contributed by atoms with Gasteiger partial charge in [0.15, 0.2) is 11.0 Å². The number of rotatable bonds is 9. The molecule has 4 aromatic rings. The molecule has 0 aliphatic carbocycles. The van der Waals surface area contributed by atoms with Gasteiger partial charge in [0.05, 0.1) is 17.9 Å². The van der Waals surface area contributed by atoms with Crippen LogP contribution in [0.3, 0.4) is 0 Å². The lowest BCUT2D eigenvalue weighted by Crippen LogP contribution is -2.16. The van der Waals surface area contributed by atoms with E-state index in [2.05, 4.69) is 59.0 Å². The van der Waals surface area contributed by atoms with Crippen molar-refractivity contribution in [1.29, 1.82) is 0 Å². The van der Waals surface area contributed by atoms with Crippen LogP contribution in [0, 0.1) is 13.8 Å². The van der Waals surface area contributed by atoms with Crippen molar-refractivity contribution in [3.63, 3.8) is 0 Å². The monoisotopic (exact) mass is 540 g/mol. The Morgan fingerprint density at radius 3 is 2.58 bits per heavy atom. The molecular formula is C26H28N4O3S3. The number of benzene rings is 1. The minimum absolute atomic E-state index is 0.140. The van der Waals surface area contributed by atoms with Crippen molar-refractivity contribution in [3.8, 4) is 22.5 Å². The SMILES string of the molecule is CCOC(=O)c1cc(CC)sc1NC(=O)CSc1nnc(-c2csc(C)c2-c2ccc(C)cc2)n1C. The van der Waals surface area contributed by atoms with Crippen LogP contribution < -0.4 is 5.32 Å². The Morgan fingerprint density at radius 1 is 1.14 bits per heavy atom. The second-order valence-corrected chi connectivity index (χ2v) is 11.3. The van der Waals surface area contributed by atoms with E-state index in [0.717, 1.165) is 33.8 Å². The number of thioether (sulfide) groups is 1. The molecule has 0 spiro atoms. The Bertz CT molecular complexity index is 1390. The number of esters is 1. The van der Waals surface area contributed by atoms with Gasteiger partial charge in [-0.15, -0.1) is 32.9 Å². The lowest BCUT2D eigenvalue weighted by atomic mass is 10.0. The van der Waals surface area contributed by atoms with Gasteiger partial charge in [0.1, 0.15) is 5.00 Å². The number of nitrogens with zero attached hydrogens (tertiary/aromatic N) is 3. The highest BCUT2D eigenvalue weighted by Crippen LogP contribution is 2.39. The van der Waals surface area contributed by atoms with E-state index in [1.807, 2.05) is 18.5 Å². The molecule has 0 aliphatic heterocycles. The molecule has 1 aromatic carbocycles. The van der Waals surface area contributed by atoms with Gasteiger partial charge in [0.2, 0.25) is 5.91 Å². The molecule has 0 radical (unpaired) electrons. The molecule has 7 nitrogen and oxygen atoms in total. The van der Waals surface area contributed by atoms with E-state index in [-0.39, 0.29) is 18.3 Å². The largest absolute Gasteiger partial charge is 0.462 e. The number of anilines is 1. The van der Waals surface area contributed by atoms with Gasteiger partial charge in [0.25, 0.3) is 0 Å². The molecule has 3 heterocycles. The fraction of sp³-hybridized carbons (Fsp3) is 0.308. The van der Waals surface area contributed by atoms with E-state index < -0.39 is 5.97 Å². The zero-order chi connectivity index (χ0) is 25.8. The molecule has 3 aromatic heterocycles. The first-order valence-corrected chi connectivity index (χ1v) is 14.3. The van der Waals surface area contributed by atoms with Crippen molar-refractivity contribution < 1.29 is 14.3 Å². The minimum Gasteiger partial charge on any atom is -0.462 e. The van der Waals surface area contributed by atoms with Gasteiger partial charge in [0, 0.05) is 33.3 Å². The zero-order valence-electron chi connectivity index (χ0n) is 20.9. The molecular weight excluding hydrogens is 513 g/mol. The van der Waals surface area contributed by atoms with Gasteiger partial charge in [-0.1, -0.05) is 48.5 Å². The number of carbonyl (C=O) groups excluding carboxylic acids is 2. The lowest BCUT2D eigenvalue weighted by Gasteiger charge is -2.08. The summed E-state index contributed by atoms with van der Waals surface area (Å²) < 4.78 is 7.06. The third-order valence-electron chi connectivity index (χ3n) is 5.60. The van der Waals surface area contributed by atoms with E-state index in [9.17, 15) is 9.59 Å². The Kier molecular flexibility index (Phi) is 8.28. The van der Waals surface area contributed by atoms with Crippen LogP contribution in [0.2, 0.25) is 0 Å². The number of ether oxygens (including phenoxy) is 1. The van der Waals surface area contributed by atoms with Crippen LogP contribution in [0.25, 0.3) is 22.5 Å². The first-order valence-electron chi connectivity index (χ1n) is 11.6. The maximum Gasteiger partial charge on any atom is 0.341 e. The third kappa shape index (κ3) is 5.55. The third-order valence-corrected chi connectivity index (χ3v) is 8.73. The minimum atomic E-state index is -0.426. The summed E-state index contributed by atoms with van der Waals surface area (Å²) >= 11 is 4.39. The van der Waals surface area contributed by atoms with Gasteiger partial charge in [-0.2, -0.15) is 0 Å². The molecule has 188 valence electrons. The Hall–Kier alpha value is -2.95. The van der Waals surface area contributed by atoms with Gasteiger partial charge >= 0.3 is 5.97 Å². The highest BCUT2D eigenvalue weighted by molar-refractivity contribution is 7.99. The number of nitrogens with one attached hydrogen (secondary N) is 1. The number of hydrogen-bond donors (Lipinski definition) is 1. The Labute approximate surface area is 222 Å². The average Bonchev–Trinajstić information content (AvgIpc) is 3.55. The van der Waals surface area contributed by atoms with Crippen LogP contribution in [-0.4, -0.2) is 39.0 Å². The van der Waals surface area contributed by atoms with E-state index in [0.29, 0.717) is 15.7 Å². The first-order chi connectivity index (χ1) is 17.3. The molecule has 4 rings (SSSR count). The van der Waals surface area contributed by atoms with Gasteiger partial charge in [-0.3, -0.25) is 4.79 Å². The molecule has 0 fully saturated rings. The molecule has 10 heteroatoms. The molecule has 0 atom stereocenters. The summed E-state index contributed by atoms with van der Waals surface area (Å²) in [7, 11) is 1.91. The Morgan fingerprint density at radius 2 is 1.89 bits per heavy atom. The summed E-state index contributed by atoms with van der Waals surface area (Å²) in [6.07, 6.45) is 0.774. The standard InChI is InChI=1S/C26H28N4O3S3/c1-6-18-12-19(25(32)33-7-2)24(36-18)27-21(31)14-35-26-29-28-23(30(26)5)20-13-34-16(4)22(20)17-10-8-15(3)9-11-17/h8-13H,6-7,14H2,1-5H3,(H,27,31). The molecule has 0 unspecified atom stereocenters. The second kappa shape index (κ2) is 11.4. The van der Waals surface area contributed by atoms with Gasteiger partial charge < -0.3 is 14.6 Å². The molecule has 36 heavy (non-hydrogen) atoms. The Balaban J connectivity index is 1.49. The fourth-order valence-corrected chi connectivity index (χ4v) is 6.31. The topological polar surface area (TPSA) is 86.1 Å². The molecule has 0 saturated carbocycles. The number of aromatic nitrogens is 3. The summed E-state index contributed by atoms with van der Waals surface area (Å²) in [6.45, 7) is 8.23. The number of carbonyl (C=O) groups is 2. The van der Waals surface area contributed by atoms with Crippen molar-refractivity contribution in [2.45, 2.75) is 39.3 Å². The zero-order valence-corrected chi connectivity index (χ0v) is 23.3. The van der Waals surface area contributed by atoms with Crippen molar-refractivity contribution in [2.75, 3.05) is 17.7 Å². The van der Waals surface area contributed by atoms with Crippen LogP contribution in [0.1, 0.15) is 39.5 Å². The normalized spacial score (nSPS) is 11.0. The van der Waals surface area contributed by atoms with E-state index >= 15 is 0 Å². The predicted molar refractivity (Wildman–Crippen MR) is 148 cm³/mol. The molecule has 1 amide bonds. The van der Waals surface area contributed by atoms with Crippen LogP contribution in [0.15, 0.2) is 40.9 Å². The summed E-state index contributed by atoms with van der Waals surface area (Å²) in [4.78, 5) is 27.3. The van der Waals surface area contributed by atoms with Crippen LogP contribution in [-0.2, 0) is 23.0 Å². The summed E-state index contributed by atoms with van der Waals surface area (Å²) in [5.74, 6) is 0.255. The highest BCUT2D eigenvalue weighted by Gasteiger charge is 2.21. The predicted octanol–water partition coefficient (Wildman–Crippen LogP) is 6.36. The summed E-state index contributed by atoms with van der Waals surface area (Å²) in [5.41, 5.74) is 4.94. The summed E-state index contributed by atoms with van der Waals surface area (Å²) in [6, 6.07) is 10.3. The summed E-state index contributed by atoms with van der Waals surface area (Å²) in [5, 5.41) is 14.9. The maximum absolute atomic E-state index is 12.7. The van der Waals surface area contributed by atoms with Crippen molar-refractivity contribution in [2.24, 2.45) is 7.05 Å². The quantitative estimate of drug-likeness (QED) is 0.196. The lowest BCUT2D eigenvalue weighted by molar-refractivity contribution is -0.113. The number of thiophene rings is 2. The van der Waals surface area contributed by atoms with E-state index in [1.165, 1.54) is 33.5 Å². The molecule has 0 aliphatic rings. The molecule has 0 saturated heterocycles. The smallest absolute Gasteiger partial charge is 0.341 e. The van der Waals surface area contributed by atoms with Crippen LogP contribution in [0.5, 0.6) is 0 Å². The van der Waals surface area contributed by atoms with Crippen LogP contribution in [0.4, 0.5) is 5.00 Å². The van der Waals surface area contributed by atoms with Crippen LogP contribution >= 0.6 is 34.4 Å². The van der Waals surface area contributed by atoms with Gasteiger partial charge in [-0.25, -0.2) is 4.79 Å².